The van der Waals surface area contributed by atoms with Gasteiger partial charge >= 0.3 is 6.03 Å². The van der Waals surface area contributed by atoms with Gasteiger partial charge in [-0.05, 0) is 50.1 Å². The molecule has 0 radical (unpaired) electrons. The van der Waals surface area contributed by atoms with E-state index in [9.17, 15) is 9.59 Å². The molecule has 6 nitrogen and oxygen atoms in total. The Labute approximate surface area is 225 Å². The quantitative estimate of drug-likeness (QED) is 0.384. The highest BCUT2D eigenvalue weighted by atomic mass is 16.2. The van der Waals surface area contributed by atoms with Crippen LogP contribution in [-0.4, -0.2) is 61.0 Å². The second-order valence-corrected chi connectivity index (χ2v) is 10.2. The molecule has 0 bridgehead atoms. The number of benzene rings is 3. The SMILES string of the molecule is C#Cc1ccccc1N1CCN(CCCN2C(=O)NC(c3ccc(C)cc3)(c3ccc(C)cc3)C2=O)CC1. The molecule has 2 fully saturated rings. The van der Waals surface area contributed by atoms with Crippen LogP contribution < -0.4 is 10.2 Å². The molecule has 0 unspecified atom stereocenters. The Bertz CT molecular complexity index is 1300. The van der Waals surface area contributed by atoms with Crippen molar-refractivity contribution in [3.63, 3.8) is 0 Å². The normalized spacial score (nSPS) is 17.4. The summed E-state index contributed by atoms with van der Waals surface area (Å²) in [5.74, 6) is 2.57. The molecule has 0 atom stereocenters. The standard InChI is InChI=1S/C32H34N4O2/c1-4-26-8-5-6-9-29(26)35-22-20-34(21-23-35)18-7-19-36-30(37)32(33-31(36)38,27-14-10-24(2)11-15-27)28-16-12-25(3)13-17-28/h1,5-6,8-17H,7,18-23H2,2-3H3,(H,33,38). The number of terminal acetylenes is 1. The lowest BCUT2D eigenvalue weighted by atomic mass is 9.82. The average molecular weight is 507 g/mol. The maximum atomic E-state index is 14.0. The molecular weight excluding hydrogens is 472 g/mol. The molecule has 0 aromatic heterocycles. The third kappa shape index (κ3) is 4.78. The van der Waals surface area contributed by atoms with Crippen molar-refractivity contribution in [3.05, 3.63) is 101 Å². The summed E-state index contributed by atoms with van der Waals surface area (Å²) < 4.78 is 0. The van der Waals surface area contributed by atoms with Crippen molar-refractivity contribution in [2.75, 3.05) is 44.2 Å². The van der Waals surface area contributed by atoms with Crippen LogP contribution in [0, 0.1) is 26.2 Å². The van der Waals surface area contributed by atoms with Crippen LogP contribution in [0.15, 0.2) is 72.8 Å². The van der Waals surface area contributed by atoms with Gasteiger partial charge in [0, 0.05) is 38.3 Å². The van der Waals surface area contributed by atoms with Crippen LogP contribution in [0.5, 0.6) is 0 Å². The first kappa shape index (κ1) is 25.6. The van der Waals surface area contributed by atoms with Gasteiger partial charge in [0.2, 0.25) is 0 Å². The van der Waals surface area contributed by atoms with Gasteiger partial charge in [-0.15, -0.1) is 6.42 Å². The van der Waals surface area contributed by atoms with E-state index in [4.69, 9.17) is 6.42 Å². The van der Waals surface area contributed by atoms with Gasteiger partial charge in [0.15, 0.2) is 5.54 Å². The van der Waals surface area contributed by atoms with Crippen molar-refractivity contribution in [3.8, 4) is 12.3 Å². The van der Waals surface area contributed by atoms with Crippen LogP contribution in [0.3, 0.4) is 0 Å². The number of piperazine rings is 1. The first-order chi connectivity index (χ1) is 18.4. The molecule has 1 N–H and O–H groups in total. The summed E-state index contributed by atoms with van der Waals surface area (Å²) in [6.45, 7) is 8.84. The Morgan fingerprint density at radius 2 is 1.39 bits per heavy atom. The second kappa shape index (κ2) is 10.7. The molecular formula is C32H34N4O2. The largest absolute Gasteiger partial charge is 0.368 e. The molecule has 5 rings (SSSR count). The number of amides is 3. The molecule has 38 heavy (non-hydrogen) atoms. The second-order valence-electron chi connectivity index (χ2n) is 10.2. The minimum Gasteiger partial charge on any atom is -0.368 e. The Morgan fingerprint density at radius 1 is 0.816 bits per heavy atom. The lowest BCUT2D eigenvalue weighted by Gasteiger charge is -2.36. The van der Waals surface area contributed by atoms with Crippen molar-refractivity contribution in [1.82, 2.24) is 15.1 Å². The lowest BCUT2D eigenvalue weighted by Crippen LogP contribution is -2.47. The van der Waals surface area contributed by atoms with E-state index in [2.05, 4.69) is 27.1 Å². The fourth-order valence-corrected chi connectivity index (χ4v) is 5.48. The molecule has 0 saturated carbocycles. The first-order valence-electron chi connectivity index (χ1n) is 13.2. The van der Waals surface area contributed by atoms with Gasteiger partial charge < -0.3 is 10.2 Å². The summed E-state index contributed by atoms with van der Waals surface area (Å²) in [7, 11) is 0. The number of carbonyl (C=O) groups excluding carboxylic acids is 2. The van der Waals surface area contributed by atoms with Crippen molar-refractivity contribution in [1.29, 1.82) is 0 Å². The van der Waals surface area contributed by atoms with E-state index in [0.29, 0.717) is 6.54 Å². The molecule has 2 heterocycles. The molecule has 0 spiro atoms. The van der Waals surface area contributed by atoms with E-state index < -0.39 is 5.54 Å². The molecule has 3 amide bonds. The lowest BCUT2D eigenvalue weighted by molar-refractivity contribution is -0.130. The number of imide groups is 1. The number of para-hydroxylation sites is 1. The molecule has 2 saturated heterocycles. The number of hydrogen-bond acceptors (Lipinski definition) is 4. The Balaban J connectivity index is 1.25. The van der Waals surface area contributed by atoms with E-state index in [0.717, 1.165) is 72.6 Å². The predicted molar refractivity (Wildman–Crippen MR) is 151 cm³/mol. The van der Waals surface area contributed by atoms with Crippen molar-refractivity contribution < 1.29 is 9.59 Å². The maximum absolute atomic E-state index is 14.0. The van der Waals surface area contributed by atoms with Gasteiger partial charge in [0.25, 0.3) is 5.91 Å². The van der Waals surface area contributed by atoms with E-state index >= 15 is 0 Å². The number of nitrogens with one attached hydrogen (secondary N) is 1. The number of urea groups is 1. The number of hydrogen-bond donors (Lipinski definition) is 1. The van der Waals surface area contributed by atoms with Crippen molar-refractivity contribution >= 4 is 17.6 Å². The summed E-state index contributed by atoms with van der Waals surface area (Å²) in [4.78, 5) is 33.2. The van der Waals surface area contributed by atoms with Gasteiger partial charge in [-0.25, -0.2) is 4.79 Å². The Hall–Kier alpha value is -4.08. The van der Waals surface area contributed by atoms with Gasteiger partial charge in [-0.2, -0.15) is 0 Å². The van der Waals surface area contributed by atoms with Crippen molar-refractivity contribution in [2.45, 2.75) is 25.8 Å². The van der Waals surface area contributed by atoms with Gasteiger partial charge in [-0.1, -0.05) is 77.7 Å². The molecule has 2 aliphatic rings. The zero-order valence-electron chi connectivity index (χ0n) is 22.1. The van der Waals surface area contributed by atoms with Crippen LogP contribution in [0.1, 0.15) is 34.2 Å². The molecule has 3 aromatic rings. The summed E-state index contributed by atoms with van der Waals surface area (Å²) in [5.41, 5.74) is 4.57. The zero-order chi connectivity index (χ0) is 26.7. The van der Waals surface area contributed by atoms with Crippen LogP contribution in [0.25, 0.3) is 0 Å². The molecule has 3 aromatic carbocycles. The van der Waals surface area contributed by atoms with Gasteiger partial charge in [-0.3, -0.25) is 14.6 Å². The highest BCUT2D eigenvalue weighted by molar-refractivity contribution is 6.09. The van der Waals surface area contributed by atoms with E-state index in [-0.39, 0.29) is 11.9 Å². The summed E-state index contributed by atoms with van der Waals surface area (Å²) in [6.07, 6.45) is 6.41. The highest BCUT2D eigenvalue weighted by Gasteiger charge is 2.53. The van der Waals surface area contributed by atoms with Crippen LogP contribution in [-0.2, 0) is 10.3 Å². The fraction of sp³-hybridized carbons (Fsp3) is 0.312. The topological polar surface area (TPSA) is 55.9 Å². The number of nitrogens with zero attached hydrogens (tertiary/aromatic N) is 3. The minimum atomic E-state index is -1.21. The maximum Gasteiger partial charge on any atom is 0.325 e. The Morgan fingerprint density at radius 3 is 1.97 bits per heavy atom. The van der Waals surface area contributed by atoms with E-state index in [1.54, 1.807) is 0 Å². The molecule has 6 heteroatoms. The Kier molecular flexibility index (Phi) is 7.22. The van der Waals surface area contributed by atoms with Crippen LogP contribution in [0.4, 0.5) is 10.5 Å². The van der Waals surface area contributed by atoms with Crippen LogP contribution >= 0.6 is 0 Å². The molecule has 0 aliphatic carbocycles. The van der Waals surface area contributed by atoms with Gasteiger partial charge in [0.05, 0.1) is 5.69 Å². The summed E-state index contributed by atoms with van der Waals surface area (Å²) >= 11 is 0. The highest BCUT2D eigenvalue weighted by Crippen LogP contribution is 2.36. The number of rotatable bonds is 7. The predicted octanol–water partition coefficient (Wildman–Crippen LogP) is 4.29. The van der Waals surface area contributed by atoms with E-state index in [1.165, 1.54) is 4.90 Å². The first-order valence-corrected chi connectivity index (χ1v) is 13.2. The van der Waals surface area contributed by atoms with Crippen molar-refractivity contribution in [2.24, 2.45) is 0 Å². The van der Waals surface area contributed by atoms with E-state index in [1.807, 2.05) is 80.6 Å². The molecule has 194 valence electrons. The van der Waals surface area contributed by atoms with Crippen LogP contribution in [0.2, 0.25) is 0 Å². The zero-order valence-corrected chi connectivity index (χ0v) is 22.1. The number of aryl methyl sites for hydroxylation is 2. The third-order valence-corrected chi connectivity index (χ3v) is 7.70. The summed E-state index contributed by atoms with van der Waals surface area (Å²) in [6, 6.07) is 23.4. The monoisotopic (exact) mass is 506 g/mol. The number of anilines is 1. The minimum absolute atomic E-state index is 0.217. The van der Waals surface area contributed by atoms with Gasteiger partial charge in [0.1, 0.15) is 0 Å². The fourth-order valence-electron chi connectivity index (χ4n) is 5.48. The molecule has 2 aliphatic heterocycles. The third-order valence-electron chi connectivity index (χ3n) is 7.70. The summed E-state index contributed by atoms with van der Waals surface area (Å²) in [5, 5.41) is 3.06. The number of carbonyl (C=O) groups is 2. The average Bonchev–Trinajstić information content (AvgIpc) is 3.20. The smallest absolute Gasteiger partial charge is 0.325 e.